The van der Waals surface area contributed by atoms with Crippen molar-refractivity contribution < 1.29 is 13.2 Å². The molecule has 0 aliphatic rings. The maximum Gasteiger partial charge on any atom is 0.390 e. The molecule has 10 heavy (non-hydrogen) atoms. The largest absolute Gasteiger partial charge is 0.390 e. The molecule has 0 bridgehead atoms. The van der Waals surface area contributed by atoms with Gasteiger partial charge in [-0.2, -0.15) is 13.2 Å². The van der Waals surface area contributed by atoms with Crippen LogP contribution in [-0.2, 0) is 0 Å². The summed E-state index contributed by atoms with van der Waals surface area (Å²) >= 11 is 0. The zero-order valence-corrected chi connectivity index (χ0v) is 6.13. The summed E-state index contributed by atoms with van der Waals surface area (Å²) in [7, 11) is 0. The van der Waals surface area contributed by atoms with Gasteiger partial charge in [0.2, 0.25) is 0 Å². The summed E-state index contributed by atoms with van der Waals surface area (Å²) in [6, 6.07) is 0. The summed E-state index contributed by atoms with van der Waals surface area (Å²) in [6.45, 7) is 3.05. The third-order valence-corrected chi connectivity index (χ3v) is 1.41. The molecule has 0 radical (unpaired) electrons. The Morgan fingerprint density at radius 1 is 1.30 bits per heavy atom. The highest BCUT2D eigenvalue weighted by molar-refractivity contribution is 4.79. The Labute approximate surface area is 58.4 Å². The van der Waals surface area contributed by atoms with E-state index in [1.807, 2.05) is 0 Å². The van der Waals surface area contributed by atoms with Crippen LogP contribution < -0.4 is 5.73 Å². The third kappa shape index (κ3) is 4.61. The topological polar surface area (TPSA) is 26.0 Å². The number of nitrogens with two attached hydrogens (primary N) is 1. The molecule has 1 nitrogen and oxygen atoms in total. The molecule has 0 rings (SSSR count). The van der Waals surface area contributed by atoms with E-state index >= 15 is 0 Å². The van der Waals surface area contributed by atoms with Crippen molar-refractivity contribution in [1.82, 2.24) is 0 Å². The van der Waals surface area contributed by atoms with Gasteiger partial charge in [0.25, 0.3) is 0 Å². The third-order valence-electron chi connectivity index (χ3n) is 1.41. The lowest BCUT2D eigenvalue weighted by molar-refractivity contribution is -0.146. The smallest absolute Gasteiger partial charge is 0.325 e. The predicted octanol–water partition coefficient (Wildman–Crippen LogP) is 2.07. The summed E-state index contributed by atoms with van der Waals surface area (Å²) in [5.74, 6) is 0. The van der Waals surface area contributed by atoms with Gasteiger partial charge >= 0.3 is 6.18 Å². The van der Waals surface area contributed by atoms with Crippen molar-refractivity contribution in [3.05, 3.63) is 0 Å². The second-order valence-corrected chi connectivity index (χ2v) is 2.80. The Kier molecular flexibility index (Phi) is 2.71. The Morgan fingerprint density at radius 2 is 1.70 bits per heavy atom. The monoisotopic (exact) mass is 155 g/mol. The van der Waals surface area contributed by atoms with E-state index in [0.717, 1.165) is 0 Å². The maximum atomic E-state index is 11.7. The summed E-state index contributed by atoms with van der Waals surface area (Å²) < 4.78 is 35.0. The van der Waals surface area contributed by atoms with E-state index in [4.69, 9.17) is 5.73 Å². The molecule has 0 aromatic rings. The van der Waals surface area contributed by atoms with Gasteiger partial charge in [-0.1, -0.05) is 6.92 Å². The first-order chi connectivity index (χ1) is 4.27. The first kappa shape index (κ1) is 9.75. The van der Waals surface area contributed by atoms with Crippen molar-refractivity contribution in [3.63, 3.8) is 0 Å². The molecular formula is C6H12F3N. The van der Waals surface area contributed by atoms with E-state index in [0.29, 0.717) is 6.42 Å². The Morgan fingerprint density at radius 3 is 1.80 bits per heavy atom. The minimum absolute atomic E-state index is 0.340. The average molecular weight is 155 g/mol. The SMILES string of the molecule is CC[C@@](C)(N)CC(F)(F)F. The van der Waals surface area contributed by atoms with Crippen molar-refractivity contribution >= 4 is 0 Å². The van der Waals surface area contributed by atoms with Crippen LogP contribution in [0, 0.1) is 0 Å². The highest BCUT2D eigenvalue weighted by Crippen LogP contribution is 2.27. The summed E-state index contributed by atoms with van der Waals surface area (Å²) in [4.78, 5) is 0. The number of hydrogen-bond acceptors (Lipinski definition) is 1. The van der Waals surface area contributed by atoms with Crippen molar-refractivity contribution in [2.24, 2.45) is 5.73 Å². The van der Waals surface area contributed by atoms with Gasteiger partial charge in [-0.15, -0.1) is 0 Å². The molecule has 0 heterocycles. The molecule has 0 saturated carbocycles. The molecule has 2 N–H and O–H groups in total. The molecular weight excluding hydrogens is 143 g/mol. The minimum Gasteiger partial charge on any atom is -0.325 e. The van der Waals surface area contributed by atoms with Crippen LogP contribution in [0.3, 0.4) is 0 Å². The first-order valence-electron chi connectivity index (χ1n) is 3.12. The zero-order chi connectivity index (χ0) is 8.41. The molecule has 0 aliphatic heterocycles. The lowest BCUT2D eigenvalue weighted by Crippen LogP contribution is -2.39. The van der Waals surface area contributed by atoms with E-state index in [1.54, 1.807) is 6.92 Å². The molecule has 0 spiro atoms. The highest BCUT2D eigenvalue weighted by atomic mass is 19.4. The van der Waals surface area contributed by atoms with Crippen molar-refractivity contribution in [3.8, 4) is 0 Å². The van der Waals surface area contributed by atoms with Gasteiger partial charge in [0.05, 0.1) is 6.42 Å². The lowest BCUT2D eigenvalue weighted by atomic mass is 9.96. The molecule has 62 valence electrons. The molecule has 1 atom stereocenters. The van der Waals surface area contributed by atoms with Crippen molar-refractivity contribution in [1.29, 1.82) is 0 Å². The number of rotatable bonds is 2. The van der Waals surface area contributed by atoms with Crippen LogP contribution in [-0.4, -0.2) is 11.7 Å². The van der Waals surface area contributed by atoms with Crippen LogP contribution in [0.5, 0.6) is 0 Å². The van der Waals surface area contributed by atoms with E-state index in [1.165, 1.54) is 6.92 Å². The van der Waals surface area contributed by atoms with Crippen LogP contribution in [0.1, 0.15) is 26.7 Å². The van der Waals surface area contributed by atoms with E-state index in [2.05, 4.69) is 0 Å². The molecule has 0 unspecified atom stereocenters. The number of halogens is 3. The molecule has 4 heteroatoms. The molecule has 0 aliphatic carbocycles. The Balaban J connectivity index is 3.89. The lowest BCUT2D eigenvalue weighted by Gasteiger charge is -2.23. The van der Waals surface area contributed by atoms with Gasteiger partial charge in [0.1, 0.15) is 0 Å². The van der Waals surface area contributed by atoms with Gasteiger partial charge in [-0.25, -0.2) is 0 Å². The van der Waals surface area contributed by atoms with Gasteiger partial charge < -0.3 is 5.73 Å². The summed E-state index contributed by atoms with van der Waals surface area (Å²) in [5, 5.41) is 0. The predicted molar refractivity (Wildman–Crippen MR) is 33.6 cm³/mol. The second kappa shape index (κ2) is 2.78. The fourth-order valence-corrected chi connectivity index (χ4v) is 0.583. The standard InChI is InChI=1S/C6H12F3N/c1-3-5(2,10)4-6(7,8)9/h3-4,10H2,1-2H3/t5-/m1/s1. The average Bonchev–Trinajstić information content (AvgIpc) is 1.60. The van der Waals surface area contributed by atoms with E-state index in [9.17, 15) is 13.2 Å². The van der Waals surface area contributed by atoms with Crippen LogP contribution in [0.15, 0.2) is 0 Å². The van der Waals surface area contributed by atoms with Crippen LogP contribution in [0.25, 0.3) is 0 Å². The summed E-state index contributed by atoms with van der Waals surface area (Å²) in [5.41, 5.74) is 4.18. The van der Waals surface area contributed by atoms with Crippen LogP contribution >= 0.6 is 0 Å². The Bertz CT molecular complexity index is 106. The quantitative estimate of drug-likeness (QED) is 0.649. The summed E-state index contributed by atoms with van der Waals surface area (Å²) in [6.07, 6.45) is -4.71. The zero-order valence-electron chi connectivity index (χ0n) is 6.13. The molecule has 0 aromatic heterocycles. The molecule has 0 fully saturated rings. The van der Waals surface area contributed by atoms with Crippen molar-refractivity contribution in [2.45, 2.75) is 38.4 Å². The highest BCUT2D eigenvalue weighted by Gasteiger charge is 2.35. The molecule has 0 aromatic carbocycles. The number of alkyl halides is 3. The normalized spacial score (nSPS) is 18.6. The maximum absolute atomic E-state index is 11.7. The van der Waals surface area contributed by atoms with Crippen LogP contribution in [0.4, 0.5) is 13.2 Å². The van der Waals surface area contributed by atoms with Gasteiger partial charge in [-0.05, 0) is 13.3 Å². The fourth-order valence-electron chi connectivity index (χ4n) is 0.583. The molecule has 0 saturated heterocycles. The second-order valence-electron chi connectivity index (χ2n) is 2.80. The minimum atomic E-state index is -4.14. The van der Waals surface area contributed by atoms with E-state index in [-0.39, 0.29) is 0 Å². The Hall–Kier alpha value is -0.250. The molecule has 0 amide bonds. The van der Waals surface area contributed by atoms with Gasteiger partial charge in [-0.3, -0.25) is 0 Å². The van der Waals surface area contributed by atoms with E-state index < -0.39 is 18.1 Å². The fraction of sp³-hybridized carbons (Fsp3) is 1.00. The number of hydrogen-bond donors (Lipinski definition) is 1. The first-order valence-corrected chi connectivity index (χ1v) is 3.12. The van der Waals surface area contributed by atoms with Gasteiger partial charge in [0, 0.05) is 5.54 Å². The van der Waals surface area contributed by atoms with Crippen LogP contribution in [0.2, 0.25) is 0 Å². The van der Waals surface area contributed by atoms with Crippen molar-refractivity contribution in [2.75, 3.05) is 0 Å². The van der Waals surface area contributed by atoms with Gasteiger partial charge in [0.15, 0.2) is 0 Å².